The van der Waals surface area contributed by atoms with E-state index in [9.17, 15) is 13.2 Å². The van der Waals surface area contributed by atoms with Crippen LogP contribution in [0.2, 0.25) is 90.7 Å². The van der Waals surface area contributed by atoms with Crippen molar-refractivity contribution in [1.29, 1.82) is 0 Å². The number of carbonyl (C=O) groups is 1. The Hall–Kier alpha value is -1.50. The van der Waals surface area contributed by atoms with Crippen molar-refractivity contribution in [3.05, 3.63) is 66.8 Å². The number of sulfone groups is 1. The maximum atomic E-state index is 14.4. The number of esters is 1. The topological polar surface area (TPSA) is 162 Å². The highest BCUT2D eigenvalue weighted by atomic mass is 32.2. The molecule has 564 valence electrons. The zero-order chi connectivity index (χ0) is 74.0. The summed E-state index contributed by atoms with van der Waals surface area (Å²) in [6.07, 6.45) is 7.76. The molecule has 98 heavy (non-hydrogen) atoms. The van der Waals surface area contributed by atoms with Gasteiger partial charge in [0.25, 0.3) is 0 Å². The van der Waals surface area contributed by atoms with Crippen LogP contribution < -0.4 is 0 Å². The first kappa shape index (κ1) is 85.4. The fourth-order valence-electron chi connectivity index (χ4n) is 13.2. The maximum Gasteiger partial charge on any atom is 0.308 e. The van der Waals surface area contributed by atoms with Crippen molar-refractivity contribution in [2.45, 2.75) is 375 Å². The van der Waals surface area contributed by atoms with Crippen molar-refractivity contribution in [2.24, 2.45) is 11.8 Å². The van der Waals surface area contributed by atoms with E-state index in [0.717, 1.165) is 56.1 Å². The van der Waals surface area contributed by atoms with Gasteiger partial charge < -0.3 is 55.3 Å². The molecular weight excluding hydrogens is 1340 g/mol. The van der Waals surface area contributed by atoms with E-state index in [4.69, 9.17) is 55.3 Å². The van der Waals surface area contributed by atoms with Crippen molar-refractivity contribution in [1.82, 2.24) is 0 Å². The molecule has 0 saturated carbocycles. The van der Waals surface area contributed by atoms with E-state index in [0.29, 0.717) is 32.3 Å². The van der Waals surface area contributed by atoms with Crippen LogP contribution in [0.15, 0.2) is 71.7 Å². The van der Waals surface area contributed by atoms with Gasteiger partial charge in [-0.25, -0.2) is 8.42 Å². The second-order valence-electron chi connectivity index (χ2n) is 37.5. The van der Waals surface area contributed by atoms with Gasteiger partial charge in [-0.15, -0.1) is 0 Å². The lowest BCUT2D eigenvalue weighted by Gasteiger charge is -2.56. The number of hydrogen-bond donors (Lipinski definition) is 0. The predicted molar refractivity (Wildman–Crippen MR) is 412 cm³/mol. The predicted octanol–water partition coefficient (Wildman–Crippen LogP) is 18.7. The van der Waals surface area contributed by atoms with Gasteiger partial charge in [-0.2, -0.15) is 0 Å². The van der Waals surface area contributed by atoms with Gasteiger partial charge in [-0.1, -0.05) is 154 Å². The van der Waals surface area contributed by atoms with Crippen molar-refractivity contribution in [3.8, 4) is 0 Å². The summed E-state index contributed by atoms with van der Waals surface area (Å²) in [6, 6.07) is 8.74. The smallest absolute Gasteiger partial charge is 0.308 e. The highest BCUT2D eigenvalue weighted by molar-refractivity contribution is 7.91. The molecule has 15 nitrogen and oxygen atoms in total. The van der Waals surface area contributed by atoms with E-state index in [2.05, 4.69) is 202 Å². The van der Waals surface area contributed by atoms with E-state index in [1.807, 2.05) is 6.07 Å². The molecule has 0 amide bonds. The molecule has 5 aliphatic heterocycles. The summed E-state index contributed by atoms with van der Waals surface area (Å²) in [5.74, 6) is -0.730. The standard InChI is InChI=1S/C77H140O15SSi5/c1-52-45-56(85-64(54(52)3)49-65-60(51-93(79,80)59-38-34-32-35-39-59)68(82-20)66(87-65)47-58(89-95(23,24)74(7,8)9)50-83-94(21,22)73(4,5)6)41-43-61-53(2)46-55(84-61)37-33-31-36-40-63(90-96(25,26)75(10,11)12)70-72(92-98(29,30)77(16,17)18)71(91-97(27,28)76(13,14)15)69-62(88-70)44-42-57(86-69)48-67(78)81-19/h32,34-36,38-40,52,55-58,60-66,68-72H,2-3,31,33,37,41-51H2,1,4-30H3/b40-36+/t52-,55?,56?,57?,58?,60+,61?,62+,63?,64?,65+,66?,68-,69+,70+,71?,72?/m1/s1. The Bertz CT molecular complexity index is 2900. The molecule has 21 heteroatoms. The maximum absolute atomic E-state index is 14.4. The third kappa shape index (κ3) is 21.8. The van der Waals surface area contributed by atoms with Gasteiger partial charge in [-0.3, -0.25) is 4.79 Å². The van der Waals surface area contributed by atoms with Gasteiger partial charge in [-0.05, 0) is 178 Å². The molecule has 1 aromatic carbocycles. The Kier molecular flexibility index (Phi) is 28.9. The van der Waals surface area contributed by atoms with E-state index in [1.54, 1.807) is 31.4 Å². The minimum absolute atomic E-state index is 0.00552. The first-order valence-electron chi connectivity index (χ1n) is 37.3. The molecule has 0 N–H and O–H groups in total. The monoisotopic (exact) mass is 1480 g/mol. The summed E-state index contributed by atoms with van der Waals surface area (Å²) in [5.41, 5.74) is 2.13. The highest BCUT2D eigenvalue weighted by Crippen LogP contribution is 2.49. The first-order valence-corrected chi connectivity index (χ1v) is 53.5. The molecule has 10 unspecified atom stereocenters. The molecular formula is C77H140O15SSi5. The lowest BCUT2D eigenvalue weighted by Crippen LogP contribution is -2.69. The van der Waals surface area contributed by atoms with Crippen LogP contribution in [0.3, 0.4) is 0 Å². The fraction of sp³-hybridized carbons (Fsp3) is 0.831. The normalized spacial score (nSPS) is 30.1. The lowest BCUT2D eigenvalue weighted by molar-refractivity contribution is -0.267. The number of carbonyl (C=O) groups excluding carboxylic acids is 1. The minimum atomic E-state index is -3.75. The second-order valence-corrected chi connectivity index (χ2v) is 63.3. The van der Waals surface area contributed by atoms with E-state index >= 15 is 0 Å². The van der Waals surface area contributed by atoms with Gasteiger partial charge in [0.05, 0.1) is 97.9 Å². The summed E-state index contributed by atoms with van der Waals surface area (Å²) in [6.45, 7) is 68.8. The van der Waals surface area contributed by atoms with Gasteiger partial charge in [0.2, 0.25) is 0 Å². The Morgan fingerprint density at radius 3 is 1.76 bits per heavy atom. The van der Waals surface area contributed by atoms with Crippen LogP contribution >= 0.6 is 0 Å². The third-order valence-electron chi connectivity index (χ3n) is 24.8. The molecule has 1 aromatic rings. The lowest BCUT2D eigenvalue weighted by atomic mass is 9.83. The quantitative estimate of drug-likeness (QED) is 0.0309. The summed E-state index contributed by atoms with van der Waals surface area (Å²) < 4.78 is 113. The van der Waals surface area contributed by atoms with Crippen molar-refractivity contribution in [3.63, 3.8) is 0 Å². The van der Waals surface area contributed by atoms with Crippen LogP contribution in [0.5, 0.6) is 0 Å². The largest absolute Gasteiger partial charge is 0.469 e. The summed E-state index contributed by atoms with van der Waals surface area (Å²) in [4.78, 5) is 13.0. The number of unbranched alkanes of at least 4 members (excludes halogenated alkanes) is 1. The Morgan fingerprint density at radius 2 is 1.19 bits per heavy atom. The summed E-state index contributed by atoms with van der Waals surface area (Å²) >= 11 is 0. The SMILES string of the molecule is C=C1CC(CCC/C=C/C(O[Si](C)(C)C(C)(C)C)[C@@H]2O[C@H]3CCC(CC(=O)OC)O[C@@H]3C(O[Si](C)(C)C(C)(C)C)C2O[Si](C)(C)C(C)(C)C)OC1CCC1C[C@@H](C)C(=C)C(C[C@@H]2OC(CC(CO[Si](C)(C)C(C)(C)C)O[Si](C)(C)C(C)(C)C)[C@H](OC)[C@H]2CS(=O)(=O)c2ccccc2)O1. The molecule has 6 rings (SSSR count). The van der Waals surface area contributed by atoms with E-state index < -0.39 is 106 Å². The summed E-state index contributed by atoms with van der Waals surface area (Å²) in [7, 11) is -12.5. The number of hydrogen-bond acceptors (Lipinski definition) is 15. The molecule has 0 aliphatic carbocycles. The number of methoxy groups -OCH3 is 2. The highest BCUT2D eigenvalue weighted by Gasteiger charge is 2.59. The number of ether oxygens (including phenoxy) is 7. The van der Waals surface area contributed by atoms with Crippen molar-refractivity contribution in [2.75, 3.05) is 26.6 Å². The number of rotatable bonds is 30. The van der Waals surface area contributed by atoms with E-state index in [1.165, 1.54) is 7.11 Å². The summed E-state index contributed by atoms with van der Waals surface area (Å²) in [5, 5.41) is -0.332. The van der Waals surface area contributed by atoms with Crippen LogP contribution in [-0.4, -0.2) is 174 Å². The molecule has 17 atom stereocenters. The molecule has 0 spiro atoms. The van der Waals surface area contributed by atoms with Crippen molar-refractivity contribution < 1.29 is 68.5 Å². The van der Waals surface area contributed by atoms with Gasteiger partial charge in [0, 0.05) is 25.9 Å². The Morgan fingerprint density at radius 1 is 0.633 bits per heavy atom. The number of allylic oxidation sites excluding steroid dienone is 1. The molecule has 5 aliphatic rings. The number of benzene rings is 1. The van der Waals surface area contributed by atoms with Gasteiger partial charge >= 0.3 is 5.97 Å². The minimum Gasteiger partial charge on any atom is -0.469 e. The Labute approximate surface area is 602 Å². The average Bonchev–Trinajstić information content (AvgIpc) is 0.770. The average molecular weight is 1480 g/mol. The molecule has 0 aromatic heterocycles. The molecule has 5 saturated heterocycles. The molecule has 5 heterocycles. The fourth-order valence-corrected chi connectivity index (χ4v) is 21.1. The molecule has 0 bridgehead atoms. The number of fused-ring (bicyclic) bond motifs is 1. The van der Waals surface area contributed by atoms with Crippen LogP contribution in [0, 0.1) is 11.8 Å². The first-order chi connectivity index (χ1) is 44.7. The van der Waals surface area contributed by atoms with Crippen LogP contribution in [-0.2, 0) is 69.9 Å². The van der Waals surface area contributed by atoms with E-state index in [-0.39, 0.29) is 96.9 Å². The Balaban J connectivity index is 1.18. The zero-order valence-corrected chi connectivity index (χ0v) is 72.5. The molecule has 0 radical (unpaired) electrons. The second kappa shape index (κ2) is 33.1. The van der Waals surface area contributed by atoms with Gasteiger partial charge in [0.15, 0.2) is 51.4 Å². The van der Waals surface area contributed by atoms with Gasteiger partial charge in [0.1, 0.15) is 24.4 Å². The van der Waals surface area contributed by atoms with Crippen LogP contribution in [0.4, 0.5) is 0 Å². The van der Waals surface area contributed by atoms with Crippen LogP contribution in [0.1, 0.15) is 188 Å². The molecule has 5 fully saturated rings. The third-order valence-corrected chi connectivity index (χ3v) is 49.1. The van der Waals surface area contributed by atoms with Crippen LogP contribution in [0.25, 0.3) is 0 Å². The van der Waals surface area contributed by atoms with Crippen molar-refractivity contribution >= 4 is 57.4 Å². The zero-order valence-electron chi connectivity index (χ0n) is 66.7.